The molecule has 2 N–H and O–H groups in total. The Labute approximate surface area is 165 Å². The molecule has 2 aromatic rings. The van der Waals surface area contributed by atoms with E-state index in [9.17, 15) is 15.0 Å². The zero-order valence-corrected chi connectivity index (χ0v) is 15.6. The first-order valence-corrected chi connectivity index (χ1v) is 5.23. The molecule has 0 unspecified atom stereocenters. The van der Waals surface area contributed by atoms with Gasteiger partial charge in [-0.1, -0.05) is 0 Å². The predicted molar refractivity (Wildman–Crippen MR) is 63.6 cm³/mol. The third-order valence-electron chi connectivity index (χ3n) is 2.26. The topological polar surface area (TPSA) is 105 Å². The Kier molecular flexibility index (Phi) is 8.80. The van der Waals surface area contributed by atoms with Crippen molar-refractivity contribution in [3.05, 3.63) is 48.0 Å². The van der Waals surface area contributed by atoms with Gasteiger partial charge in [0.25, 0.3) is 0 Å². The molecular weight excluding hydrogens is 294 g/mol. The van der Waals surface area contributed by atoms with E-state index in [0.29, 0.717) is 5.69 Å². The monoisotopic (exact) mass is 302 g/mol. The van der Waals surface area contributed by atoms with E-state index in [1.807, 2.05) is 0 Å². The maximum atomic E-state index is 10.7. The number of carboxylic acid groups (broad SMARTS) is 1. The smallest absolute Gasteiger partial charge is 0.545 e. The van der Waals surface area contributed by atoms with Crippen molar-refractivity contribution in [3.8, 4) is 11.5 Å². The summed E-state index contributed by atoms with van der Waals surface area (Å²) in [4.78, 5) is 10.7. The molecule has 0 spiro atoms. The molecule has 0 saturated carbocycles. The first-order chi connectivity index (χ1) is 9.06. The van der Waals surface area contributed by atoms with Gasteiger partial charge in [-0.15, -0.1) is 24.3 Å². The number of aromatic carboxylic acids is 1. The molecule has 96 valence electrons. The number of nitrogens with zero attached hydrogens (tertiary/aromatic N) is 2. The zero-order valence-electron chi connectivity index (χ0n) is 11.6. The average molecular weight is 302 g/mol. The largest absolute Gasteiger partial charge is 1.00 e. The third-order valence-corrected chi connectivity index (χ3v) is 2.26. The molecule has 0 radical (unpaired) electrons. The van der Waals surface area contributed by atoms with E-state index in [0.717, 1.165) is 6.07 Å². The molecule has 2 aromatic carbocycles. The van der Waals surface area contributed by atoms with E-state index in [4.69, 9.17) is 5.11 Å². The van der Waals surface area contributed by atoms with Gasteiger partial charge in [0.2, 0.25) is 0 Å². The average Bonchev–Trinajstić information content (AvgIpc) is 2.39. The van der Waals surface area contributed by atoms with Gasteiger partial charge in [0.15, 0.2) is 0 Å². The maximum Gasteiger partial charge on any atom is 1.00 e. The van der Waals surface area contributed by atoms with Crippen molar-refractivity contribution in [2.45, 2.75) is 0 Å². The molecular formula is C13H8N2Na2O4. The van der Waals surface area contributed by atoms with Crippen molar-refractivity contribution in [1.29, 1.82) is 0 Å². The molecule has 0 aliphatic rings. The summed E-state index contributed by atoms with van der Waals surface area (Å²) < 4.78 is 0. The molecule has 0 atom stereocenters. The fraction of sp³-hybridized carbons (Fsp3) is 0. The molecule has 0 heterocycles. The van der Waals surface area contributed by atoms with Crippen LogP contribution in [-0.2, 0) is 0 Å². The second kappa shape index (κ2) is 9.19. The van der Waals surface area contributed by atoms with Gasteiger partial charge in [-0.2, -0.15) is 5.11 Å². The van der Waals surface area contributed by atoms with E-state index in [-0.39, 0.29) is 76.1 Å². The molecule has 0 aromatic heterocycles. The van der Waals surface area contributed by atoms with Gasteiger partial charge in [0.1, 0.15) is 5.75 Å². The fourth-order valence-electron chi connectivity index (χ4n) is 1.34. The number of rotatable bonds is 3. The molecule has 21 heavy (non-hydrogen) atoms. The summed E-state index contributed by atoms with van der Waals surface area (Å²) in [7, 11) is 0. The summed E-state index contributed by atoms with van der Waals surface area (Å²) in [6.45, 7) is 0. The Balaban J connectivity index is 0.00000200. The Morgan fingerprint density at radius 1 is 1.05 bits per heavy atom. The number of aromatic hydroxyl groups is 2. The fourth-order valence-corrected chi connectivity index (χ4v) is 1.34. The predicted octanol–water partition coefficient (Wildman–Crippen LogP) is -4.32. The van der Waals surface area contributed by atoms with Crippen molar-refractivity contribution in [3.63, 3.8) is 0 Å². The number of carboxylic acids is 1. The van der Waals surface area contributed by atoms with Crippen LogP contribution >= 0.6 is 0 Å². The van der Waals surface area contributed by atoms with E-state index in [1.54, 1.807) is 0 Å². The van der Waals surface area contributed by atoms with Crippen LogP contribution in [0.4, 0.5) is 11.4 Å². The minimum Gasteiger partial charge on any atom is -0.545 e. The quantitative estimate of drug-likeness (QED) is 0.340. The molecule has 0 bridgehead atoms. The van der Waals surface area contributed by atoms with Gasteiger partial charge >= 0.3 is 59.1 Å². The van der Waals surface area contributed by atoms with Crippen molar-refractivity contribution in [1.82, 2.24) is 0 Å². The van der Waals surface area contributed by atoms with Crippen molar-refractivity contribution >= 4 is 17.3 Å². The molecule has 0 fully saturated rings. The van der Waals surface area contributed by atoms with E-state index < -0.39 is 11.7 Å². The first kappa shape index (κ1) is 20.1. The molecule has 0 amide bonds. The minimum atomic E-state index is -1.49. The van der Waals surface area contributed by atoms with Crippen LogP contribution < -0.4 is 64.2 Å². The number of phenolic OH excluding ortho intramolecular Hbond substituents is 1. The van der Waals surface area contributed by atoms with Gasteiger partial charge in [0, 0.05) is 11.3 Å². The second-order valence-electron chi connectivity index (χ2n) is 3.62. The summed E-state index contributed by atoms with van der Waals surface area (Å²) in [5, 5.41) is 36.7. The van der Waals surface area contributed by atoms with Crippen molar-refractivity contribution in [2.75, 3.05) is 0 Å². The molecule has 8 heteroatoms. The number of carbonyl (C=O) groups excluding carboxylic acids is 1. The summed E-state index contributed by atoms with van der Waals surface area (Å²) in [6.07, 6.45) is 0. The number of azo groups is 1. The van der Waals surface area contributed by atoms with Crippen molar-refractivity contribution < 1.29 is 79.2 Å². The molecule has 2 rings (SSSR count). The SMILES string of the molecule is O=C([O-])c1cc(N=Nc2c[c-]c(O)cc2)ccc1O.[Na+].[Na+]. The molecule has 0 saturated heterocycles. The molecule has 0 aliphatic carbocycles. The van der Waals surface area contributed by atoms with Crippen LogP contribution in [0.3, 0.4) is 0 Å². The molecule has 6 nitrogen and oxygen atoms in total. The van der Waals surface area contributed by atoms with E-state index in [2.05, 4.69) is 16.3 Å². The van der Waals surface area contributed by atoms with E-state index in [1.165, 1.54) is 30.3 Å². The number of phenols is 2. The van der Waals surface area contributed by atoms with Crippen LogP contribution in [0.5, 0.6) is 11.5 Å². The van der Waals surface area contributed by atoms with E-state index >= 15 is 0 Å². The summed E-state index contributed by atoms with van der Waals surface area (Å²) >= 11 is 0. The zero-order chi connectivity index (χ0) is 13.8. The van der Waals surface area contributed by atoms with Crippen molar-refractivity contribution in [2.24, 2.45) is 10.2 Å². The second-order valence-corrected chi connectivity index (χ2v) is 3.62. The number of hydrogen-bond donors (Lipinski definition) is 2. The van der Waals surface area contributed by atoms with Gasteiger partial charge in [0.05, 0.1) is 11.7 Å². The van der Waals surface area contributed by atoms with Crippen LogP contribution in [0.25, 0.3) is 0 Å². The first-order valence-electron chi connectivity index (χ1n) is 5.23. The number of carbonyl (C=O) groups is 1. The minimum absolute atomic E-state index is 0. The summed E-state index contributed by atoms with van der Waals surface area (Å²) in [5.74, 6) is -1.90. The van der Waals surface area contributed by atoms with Crippen LogP contribution in [0, 0.1) is 6.07 Å². The van der Waals surface area contributed by atoms with Gasteiger partial charge in [-0.25, -0.2) is 5.11 Å². The number of benzene rings is 2. The number of hydrogen-bond acceptors (Lipinski definition) is 6. The Bertz CT molecular complexity index is 645. The van der Waals surface area contributed by atoms with Gasteiger partial charge in [-0.05, 0) is 23.9 Å². The van der Waals surface area contributed by atoms with Gasteiger partial charge < -0.3 is 20.1 Å². The van der Waals surface area contributed by atoms with Gasteiger partial charge in [-0.3, -0.25) is 0 Å². The molecule has 0 aliphatic heterocycles. The van der Waals surface area contributed by atoms with Crippen LogP contribution in [0.1, 0.15) is 10.4 Å². The maximum absolute atomic E-state index is 10.7. The summed E-state index contributed by atoms with van der Waals surface area (Å²) in [6, 6.07) is 10.6. The Morgan fingerprint density at radius 3 is 2.24 bits per heavy atom. The van der Waals surface area contributed by atoms with Crippen LogP contribution in [0.2, 0.25) is 0 Å². The standard InChI is InChI=1S/C13H9N2O4.2Na/c16-10-4-1-8(2-5-10)14-15-9-3-6-12(17)11(7-9)13(18)19;;/h1-4,6-7,16-17H,(H,18,19);;/q-1;2*+1/p-1. The van der Waals surface area contributed by atoms with Crippen LogP contribution in [-0.4, -0.2) is 16.2 Å². The summed E-state index contributed by atoms with van der Waals surface area (Å²) in [5.41, 5.74) is 0.347. The Hall–Kier alpha value is -0.890. The third kappa shape index (κ3) is 5.78. The Morgan fingerprint density at radius 2 is 1.67 bits per heavy atom. The van der Waals surface area contributed by atoms with Crippen LogP contribution in [0.15, 0.2) is 46.6 Å². The normalized spacial score (nSPS) is 9.71.